The van der Waals surface area contributed by atoms with E-state index in [1.54, 1.807) is 0 Å². The minimum atomic E-state index is 0.864. The van der Waals surface area contributed by atoms with Crippen LogP contribution in [0.15, 0.2) is 24.0 Å². The van der Waals surface area contributed by atoms with Crippen molar-refractivity contribution in [2.24, 2.45) is 5.73 Å². The SMILES string of the molecule is CN1C=CC(N)=CC1. The van der Waals surface area contributed by atoms with Gasteiger partial charge in [-0.2, -0.15) is 0 Å². The average Bonchev–Trinajstić information content (AvgIpc) is 1.77. The number of nitrogens with two attached hydrogens (primary N) is 1. The topological polar surface area (TPSA) is 29.3 Å². The lowest BCUT2D eigenvalue weighted by Crippen LogP contribution is -2.15. The van der Waals surface area contributed by atoms with E-state index in [2.05, 4.69) is 4.90 Å². The highest BCUT2D eigenvalue weighted by molar-refractivity contribution is 5.18. The van der Waals surface area contributed by atoms with Gasteiger partial charge in [-0.25, -0.2) is 0 Å². The minimum Gasteiger partial charge on any atom is -0.399 e. The molecule has 2 N–H and O–H groups in total. The molecule has 2 nitrogen and oxygen atoms in total. The molecule has 0 fully saturated rings. The highest BCUT2D eigenvalue weighted by atomic mass is 15.1. The summed E-state index contributed by atoms with van der Waals surface area (Å²) >= 11 is 0. The largest absolute Gasteiger partial charge is 0.399 e. The summed E-state index contributed by atoms with van der Waals surface area (Å²) in [5.74, 6) is 0. The van der Waals surface area contributed by atoms with Crippen LogP contribution in [0.3, 0.4) is 0 Å². The standard InChI is InChI=1S/C6H10N2/c1-8-4-2-6(7)3-5-8/h2-4H,5,7H2,1H3. The summed E-state index contributed by atoms with van der Waals surface area (Å²) in [6.45, 7) is 0.933. The van der Waals surface area contributed by atoms with Crippen molar-refractivity contribution in [3.05, 3.63) is 24.0 Å². The Balaban J connectivity index is 2.58. The molecule has 0 atom stereocenters. The van der Waals surface area contributed by atoms with Crippen molar-refractivity contribution < 1.29 is 0 Å². The quantitative estimate of drug-likeness (QED) is 0.485. The fourth-order valence-corrected chi connectivity index (χ4v) is 0.592. The van der Waals surface area contributed by atoms with Crippen molar-refractivity contribution in [1.82, 2.24) is 4.90 Å². The van der Waals surface area contributed by atoms with E-state index < -0.39 is 0 Å². The van der Waals surface area contributed by atoms with Crippen LogP contribution in [-0.2, 0) is 0 Å². The first-order valence-corrected chi connectivity index (χ1v) is 2.63. The molecule has 1 aliphatic rings. The predicted molar refractivity (Wildman–Crippen MR) is 34.0 cm³/mol. The second kappa shape index (κ2) is 1.90. The molecule has 0 saturated heterocycles. The van der Waals surface area contributed by atoms with E-state index in [4.69, 9.17) is 5.73 Å². The first-order chi connectivity index (χ1) is 3.79. The number of allylic oxidation sites excluding steroid dienone is 1. The number of rotatable bonds is 0. The van der Waals surface area contributed by atoms with Crippen LogP contribution in [0.25, 0.3) is 0 Å². The molecule has 1 heterocycles. The Morgan fingerprint density at radius 1 is 1.75 bits per heavy atom. The Hall–Kier alpha value is -0.920. The Labute approximate surface area is 49.3 Å². The fraction of sp³-hybridized carbons (Fsp3) is 0.333. The lowest BCUT2D eigenvalue weighted by atomic mass is 10.3. The number of nitrogens with zero attached hydrogens (tertiary/aromatic N) is 1. The lowest BCUT2D eigenvalue weighted by Gasteiger charge is -2.14. The van der Waals surface area contributed by atoms with E-state index >= 15 is 0 Å². The van der Waals surface area contributed by atoms with Crippen LogP contribution >= 0.6 is 0 Å². The molecule has 0 radical (unpaired) electrons. The van der Waals surface area contributed by atoms with Crippen LogP contribution in [0.1, 0.15) is 0 Å². The molecule has 0 aliphatic carbocycles. The van der Waals surface area contributed by atoms with Gasteiger partial charge < -0.3 is 10.6 Å². The van der Waals surface area contributed by atoms with E-state index in [0.29, 0.717) is 0 Å². The zero-order chi connectivity index (χ0) is 5.98. The highest BCUT2D eigenvalue weighted by Gasteiger charge is 1.93. The van der Waals surface area contributed by atoms with Crippen LogP contribution in [0.2, 0.25) is 0 Å². The van der Waals surface area contributed by atoms with E-state index in [1.165, 1.54) is 0 Å². The van der Waals surface area contributed by atoms with Crippen LogP contribution in [-0.4, -0.2) is 18.5 Å². The van der Waals surface area contributed by atoms with E-state index in [0.717, 1.165) is 12.2 Å². The van der Waals surface area contributed by atoms with Crippen LogP contribution in [0.5, 0.6) is 0 Å². The molecular weight excluding hydrogens is 100 g/mol. The summed E-state index contributed by atoms with van der Waals surface area (Å²) in [6, 6.07) is 0. The van der Waals surface area contributed by atoms with Gasteiger partial charge in [0.25, 0.3) is 0 Å². The highest BCUT2D eigenvalue weighted by Crippen LogP contribution is 1.97. The molecule has 0 spiro atoms. The summed E-state index contributed by atoms with van der Waals surface area (Å²) in [5.41, 5.74) is 6.31. The summed E-state index contributed by atoms with van der Waals surface area (Å²) in [5, 5.41) is 0. The summed E-state index contributed by atoms with van der Waals surface area (Å²) < 4.78 is 0. The van der Waals surface area contributed by atoms with E-state index in [9.17, 15) is 0 Å². The summed E-state index contributed by atoms with van der Waals surface area (Å²) in [6.07, 6.45) is 5.85. The second-order valence-electron chi connectivity index (χ2n) is 1.96. The molecule has 0 amide bonds. The number of hydrogen-bond donors (Lipinski definition) is 1. The molecule has 0 bridgehead atoms. The van der Waals surface area contributed by atoms with Crippen molar-refractivity contribution in [2.45, 2.75) is 0 Å². The van der Waals surface area contributed by atoms with Gasteiger partial charge in [0, 0.05) is 25.5 Å². The Morgan fingerprint density at radius 3 is 2.88 bits per heavy atom. The van der Waals surface area contributed by atoms with Gasteiger partial charge in [0.15, 0.2) is 0 Å². The molecular formula is C6H10N2. The Morgan fingerprint density at radius 2 is 2.50 bits per heavy atom. The maximum atomic E-state index is 5.44. The van der Waals surface area contributed by atoms with Gasteiger partial charge in [-0.3, -0.25) is 0 Å². The number of likely N-dealkylation sites (N-methyl/N-ethyl adjacent to an activating group) is 1. The lowest BCUT2D eigenvalue weighted by molar-refractivity contribution is 0.502. The van der Waals surface area contributed by atoms with Gasteiger partial charge in [0.2, 0.25) is 0 Å². The smallest absolute Gasteiger partial charge is 0.0373 e. The number of hydrogen-bond acceptors (Lipinski definition) is 2. The third kappa shape index (κ3) is 1.03. The molecule has 1 rings (SSSR count). The first kappa shape index (κ1) is 5.22. The van der Waals surface area contributed by atoms with Crippen molar-refractivity contribution in [1.29, 1.82) is 0 Å². The zero-order valence-electron chi connectivity index (χ0n) is 4.96. The van der Waals surface area contributed by atoms with E-state index in [1.807, 2.05) is 25.4 Å². The van der Waals surface area contributed by atoms with Gasteiger partial charge >= 0.3 is 0 Å². The van der Waals surface area contributed by atoms with Gasteiger partial charge in [-0.05, 0) is 12.2 Å². The van der Waals surface area contributed by atoms with Crippen LogP contribution in [0.4, 0.5) is 0 Å². The van der Waals surface area contributed by atoms with Crippen LogP contribution < -0.4 is 5.73 Å². The van der Waals surface area contributed by atoms with Crippen molar-refractivity contribution in [2.75, 3.05) is 13.6 Å². The van der Waals surface area contributed by atoms with Gasteiger partial charge in [0.05, 0.1) is 0 Å². The van der Waals surface area contributed by atoms with E-state index in [-0.39, 0.29) is 0 Å². The molecule has 0 aromatic carbocycles. The zero-order valence-corrected chi connectivity index (χ0v) is 4.96. The molecule has 0 aromatic rings. The normalized spacial score (nSPS) is 18.6. The molecule has 0 saturated carbocycles. The average molecular weight is 110 g/mol. The monoisotopic (exact) mass is 110 g/mol. The van der Waals surface area contributed by atoms with Crippen molar-refractivity contribution in [3.8, 4) is 0 Å². The van der Waals surface area contributed by atoms with Crippen LogP contribution in [0, 0.1) is 0 Å². The van der Waals surface area contributed by atoms with Gasteiger partial charge in [-0.1, -0.05) is 0 Å². The Kier molecular flexibility index (Phi) is 1.24. The maximum absolute atomic E-state index is 5.44. The molecule has 2 heteroatoms. The van der Waals surface area contributed by atoms with Gasteiger partial charge in [-0.15, -0.1) is 0 Å². The fourth-order valence-electron chi connectivity index (χ4n) is 0.592. The second-order valence-corrected chi connectivity index (χ2v) is 1.96. The maximum Gasteiger partial charge on any atom is 0.0373 e. The first-order valence-electron chi connectivity index (χ1n) is 2.63. The third-order valence-electron chi connectivity index (χ3n) is 1.14. The summed E-state index contributed by atoms with van der Waals surface area (Å²) in [7, 11) is 2.01. The summed E-state index contributed by atoms with van der Waals surface area (Å²) in [4.78, 5) is 2.07. The molecule has 44 valence electrons. The molecule has 0 aromatic heterocycles. The van der Waals surface area contributed by atoms with Gasteiger partial charge in [0.1, 0.15) is 0 Å². The Bertz CT molecular complexity index is 135. The third-order valence-corrected chi connectivity index (χ3v) is 1.14. The molecule has 1 aliphatic heterocycles. The molecule has 0 unspecified atom stereocenters. The minimum absolute atomic E-state index is 0.864. The van der Waals surface area contributed by atoms with Crippen molar-refractivity contribution in [3.63, 3.8) is 0 Å². The predicted octanol–water partition coefficient (Wildman–Crippen LogP) is 0.288. The van der Waals surface area contributed by atoms with Crippen molar-refractivity contribution >= 4 is 0 Å². The molecule has 8 heavy (non-hydrogen) atoms.